The zero-order valence-corrected chi connectivity index (χ0v) is 13.2. The van der Waals surface area contributed by atoms with E-state index in [9.17, 15) is 0 Å². The van der Waals surface area contributed by atoms with Crippen LogP contribution in [-0.4, -0.2) is 16.7 Å². The fourth-order valence-corrected chi connectivity index (χ4v) is 3.60. The molecule has 1 saturated carbocycles. The first-order valence-electron chi connectivity index (χ1n) is 7.41. The van der Waals surface area contributed by atoms with E-state index in [4.69, 9.17) is 10.3 Å². The third-order valence-electron chi connectivity index (χ3n) is 4.33. The van der Waals surface area contributed by atoms with Crippen molar-refractivity contribution in [3.8, 4) is 0 Å². The van der Waals surface area contributed by atoms with Crippen molar-refractivity contribution in [2.24, 2.45) is 11.1 Å². The lowest BCUT2D eigenvalue weighted by molar-refractivity contribution is 0.129. The Morgan fingerprint density at radius 3 is 2.81 bits per heavy atom. The topological polar surface area (TPSA) is 64.9 Å². The summed E-state index contributed by atoms with van der Waals surface area (Å²) in [4.78, 5) is 5.78. The number of nitrogens with zero attached hydrogens (tertiary/aromatic N) is 2. The lowest BCUT2D eigenvalue weighted by Gasteiger charge is -2.39. The molecule has 1 heterocycles. The Kier molecular flexibility index (Phi) is 4.31. The molecule has 3 rings (SSSR count). The smallest absolute Gasteiger partial charge is 0.227 e. The molecule has 2 aromatic rings. The van der Waals surface area contributed by atoms with Crippen LogP contribution in [0.1, 0.15) is 36.5 Å². The van der Waals surface area contributed by atoms with Gasteiger partial charge in [0.05, 0.1) is 5.75 Å². The molecule has 1 aliphatic carbocycles. The molecule has 1 aromatic carbocycles. The lowest BCUT2D eigenvalue weighted by Crippen LogP contribution is -2.39. The first-order chi connectivity index (χ1) is 10.2. The van der Waals surface area contributed by atoms with Crippen molar-refractivity contribution in [2.75, 3.05) is 6.54 Å². The van der Waals surface area contributed by atoms with Crippen molar-refractivity contribution >= 4 is 11.8 Å². The van der Waals surface area contributed by atoms with Gasteiger partial charge in [0, 0.05) is 11.3 Å². The Labute approximate surface area is 129 Å². The van der Waals surface area contributed by atoms with Gasteiger partial charge in [0.2, 0.25) is 5.89 Å². The van der Waals surface area contributed by atoms with Gasteiger partial charge >= 0.3 is 0 Å². The first kappa shape index (κ1) is 14.6. The van der Waals surface area contributed by atoms with Crippen molar-refractivity contribution in [1.82, 2.24) is 10.1 Å². The van der Waals surface area contributed by atoms with Crippen LogP contribution in [0.5, 0.6) is 0 Å². The summed E-state index contributed by atoms with van der Waals surface area (Å²) in [5, 5.41) is 4.09. The van der Waals surface area contributed by atoms with E-state index in [1.54, 1.807) is 11.8 Å². The largest absolute Gasteiger partial charge is 0.339 e. The van der Waals surface area contributed by atoms with Gasteiger partial charge in [0.15, 0.2) is 5.82 Å². The maximum atomic E-state index is 5.88. The molecule has 1 aromatic heterocycles. The minimum absolute atomic E-state index is 0.215. The van der Waals surface area contributed by atoms with Gasteiger partial charge < -0.3 is 10.3 Å². The summed E-state index contributed by atoms with van der Waals surface area (Å²) >= 11 is 1.75. The van der Waals surface area contributed by atoms with Crippen LogP contribution in [-0.2, 0) is 12.2 Å². The molecule has 0 unspecified atom stereocenters. The highest BCUT2D eigenvalue weighted by atomic mass is 32.2. The zero-order valence-electron chi connectivity index (χ0n) is 12.3. The van der Waals surface area contributed by atoms with Gasteiger partial charge in [-0.15, -0.1) is 11.8 Å². The summed E-state index contributed by atoms with van der Waals surface area (Å²) in [6.45, 7) is 2.83. The Morgan fingerprint density at radius 2 is 2.14 bits per heavy atom. The van der Waals surface area contributed by atoms with E-state index in [0.717, 1.165) is 23.9 Å². The Hall–Kier alpha value is -1.33. The zero-order chi connectivity index (χ0) is 14.7. The fraction of sp³-hybridized carbons (Fsp3) is 0.500. The van der Waals surface area contributed by atoms with E-state index in [1.807, 2.05) is 0 Å². The molecule has 0 bridgehead atoms. The summed E-state index contributed by atoms with van der Waals surface area (Å²) in [6, 6.07) is 8.35. The highest BCUT2D eigenvalue weighted by Crippen LogP contribution is 2.42. The number of benzene rings is 1. The molecule has 1 aliphatic rings. The highest BCUT2D eigenvalue weighted by molar-refractivity contribution is 7.98. The Balaban J connectivity index is 1.59. The molecular weight excluding hydrogens is 282 g/mol. The number of thioether (sulfide) groups is 1. The number of aryl methyl sites for hydroxylation is 1. The van der Waals surface area contributed by atoms with E-state index >= 15 is 0 Å². The first-order valence-corrected chi connectivity index (χ1v) is 8.39. The summed E-state index contributed by atoms with van der Waals surface area (Å²) in [5.74, 6) is 2.24. The van der Waals surface area contributed by atoms with Crippen molar-refractivity contribution in [3.05, 3.63) is 41.5 Å². The average molecular weight is 303 g/mol. The standard InChI is InChI=1S/C16H21N3OS/c1-12-5-2-3-6-13(12)21-10-14-18-15(20-19-14)9-16(11-17)7-4-8-16/h2-3,5-6H,4,7-11,17H2,1H3. The maximum absolute atomic E-state index is 5.88. The van der Waals surface area contributed by atoms with Gasteiger partial charge in [-0.05, 0) is 43.4 Å². The van der Waals surface area contributed by atoms with Gasteiger partial charge in [-0.3, -0.25) is 0 Å². The quantitative estimate of drug-likeness (QED) is 0.829. The lowest BCUT2D eigenvalue weighted by atomic mass is 9.67. The summed E-state index contributed by atoms with van der Waals surface area (Å²) in [7, 11) is 0. The van der Waals surface area contributed by atoms with Crippen molar-refractivity contribution in [2.45, 2.75) is 43.3 Å². The molecule has 0 saturated heterocycles. The third kappa shape index (κ3) is 3.30. The monoisotopic (exact) mass is 303 g/mol. The average Bonchev–Trinajstić information content (AvgIpc) is 2.89. The van der Waals surface area contributed by atoms with Gasteiger partial charge in [-0.25, -0.2) is 0 Å². The Bertz CT molecular complexity index is 602. The summed E-state index contributed by atoms with van der Waals surface area (Å²) in [6.07, 6.45) is 4.45. The number of nitrogens with two attached hydrogens (primary N) is 1. The van der Waals surface area contributed by atoms with Crippen LogP contribution >= 0.6 is 11.8 Å². The molecule has 0 radical (unpaired) electrons. The summed E-state index contributed by atoms with van der Waals surface area (Å²) in [5.41, 5.74) is 7.38. The highest BCUT2D eigenvalue weighted by Gasteiger charge is 2.37. The molecule has 0 amide bonds. The van der Waals surface area contributed by atoms with Crippen molar-refractivity contribution < 1.29 is 4.52 Å². The number of aromatic nitrogens is 2. The van der Waals surface area contributed by atoms with E-state index < -0.39 is 0 Å². The second kappa shape index (κ2) is 6.20. The van der Waals surface area contributed by atoms with Crippen molar-refractivity contribution in [3.63, 3.8) is 0 Å². The van der Waals surface area contributed by atoms with Gasteiger partial charge in [0.1, 0.15) is 0 Å². The van der Waals surface area contributed by atoms with Crippen molar-refractivity contribution in [1.29, 1.82) is 0 Å². The predicted octanol–water partition coefficient (Wildman–Crippen LogP) is 3.34. The molecular formula is C16H21N3OS. The molecule has 112 valence electrons. The van der Waals surface area contributed by atoms with Crippen LogP contribution in [0.4, 0.5) is 0 Å². The van der Waals surface area contributed by atoms with Gasteiger partial charge in [0.25, 0.3) is 0 Å². The normalized spacial score (nSPS) is 16.7. The molecule has 2 N–H and O–H groups in total. The molecule has 21 heavy (non-hydrogen) atoms. The van der Waals surface area contributed by atoms with Crippen LogP contribution in [0, 0.1) is 12.3 Å². The molecule has 5 heteroatoms. The molecule has 0 aliphatic heterocycles. The molecule has 0 atom stereocenters. The number of hydrogen-bond donors (Lipinski definition) is 1. The van der Waals surface area contributed by atoms with Crippen LogP contribution in [0.15, 0.2) is 33.7 Å². The minimum Gasteiger partial charge on any atom is -0.339 e. The third-order valence-corrected chi connectivity index (χ3v) is 5.51. The minimum atomic E-state index is 0.215. The second-order valence-electron chi connectivity index (χ2n) is 5.89. The van der Waals surface area contributed by atoms with Crippen LogP contribution in [0.2, 0.25) is 0 Å². The van der Waals surface area contributed by atoms with E-state index in [-0.39, 0.29) is 5.41 Å². The SMILES string of the molecule is Cc1ccccc1SCc1noc(CC2(CN)CCC2)n1. The second-order valence-corrected chi connectivity index (χ2v) is 6.91. The molecule has 1 fully saturated rings. The predicted molar refractivity (Wildman–Crippen MR) is 84.1 cm³/mol. The number of rotatable bonds is 6. The van der Waals surface area contributed by atoms with E-state index in [1.165, 1.54) is 29.7 Å². The van der Waals surface area contributed by atoms with Gasteiger partial charge in [-0.2, -0.15) is 4.98 Å². The molecule has 4 nitrogen and oxygen atoms in total. The van der Waals surface area contributed by atoms with Crippen LogP contribution < -0.4 is 5.73 Å². The van der Waals surface area contributed by atoms with Crippen LogP contribution in [0.25, 0.3) is 0 Å². The van der Waals surface area contributed by atoms with Gasteiger partial charge in [-0.1, -0.05) is 29.8 Å². The van der Waals surface area contributed by atoms with E-state index in [0.29, 0.717) is 6.54 Å². The Morgan fingerprint density at radius 1 is 1.33 bits per heavy atom. The maximum Gasteiger partial charge on any atom is 0.227 e. The molecule has 0 spiro atoms. The van der Waals surface area contributed by atoms with E-state index in [2.05, 4.69) is 41.3 Å². The van der Waals surface area contributed by atoms with Crippen LogP contribution in [0.3, 0.4) is 0 Å². The fourth-order valence-electron chi connectivity index (χ4n) is 2.73. The number of hydrogen-bond acceptors (Lipinski definition) is 5. The summed E-state index contributed by atoms with van der Waals surface area (Å²) < 4.78 is 5.39.